The van der Waals surface area contributed by atoms with Gasteiger partial charge in [-0.3, -0.25) is 0 Å². The molecule has 2 rings (SSSR count). The predicted octanol–water partition coefficient (Wildman–Crippen LogP) is 4.02. The second-order valence-corrected chi connectivity index (χ2v) is 4.98. The lowest BCUT2D eigenvalue weighted by atomic mass is 10.2. The summed E-state index contributed by atoms with van der Waals surface area (Å²) >= 11 is 10.5. The fraction of sp³-hybridized carbons (Fsp3) is 0. The van der Waals surface area contributed by atoms with Crippen molar-refractivity contribution in [2.75, 3.05) is 0 Å². The summed E-state index contributed by atoms with van der Waals surface area (Å²) in [5.74, 6) is -0.918. The van der Waals surface area contributed by atoms with E-state index in [4.69, 9.17) is 16.7 Å². The van der Waals surface area contributed by atoms with Gasteiger partial charge in [-0.1, -0.05) is 17.7 Å². The zero-order valence-corrected chi connectivity index (χ0v) is 9.91. The minimum Gasteiger partial charge on any atom is -0.477 e. The van der Waals surface area contributed by atoms with Crippen LogP contribution in [0.15, 0.2) is 22.7 Å². The summed E-state index contributed by atoms with van der Waals surface area (Å²) in [7, 11) is 0. The first-order valence-electron chi connectivity index (χ1n) is 3.70. The normalized spacial score (nSPS) is 10.7. The summed E-state index contributed by atoms with van der Waals surface area (Å²) in [4.78, 5) is 11.0. The van der Waals surface area contributed by atoms with Gasteiger partial charge in [-0.05, 0) is 33.4 Å². The van der Waals surface area contributed by atoms with Gasteiger partial charge >= 0.3 is 5.97 Å². The van der Waals surface area contributed by atoms with E-state index in [9.17, 15) is 4.79 Å². The summed E-state index contributed by atoms with van der Waals surface area (Å²) in [6.45, 7) is 0. The van der Waals surface area contributed by atoms with Crippen molar-refractivity contribution in [2.45, 2.75) is 0 Å². The number of fused-ring (bicyclic) bond motifs is 1. The number of hydrogen-bond acceptors (Lipinski definition) is 2. The third kappa shape index (κ3) is 1.54. The van der Waals surface area contributed by atoms with Crippen molar-refractivity contribution < 1.29 is 9.90 Å². The zero-order chi connectivity index (χ0) is 10.3. The van der Waals surface area contributed by atoms with E-state index in [2.05, 4.69) is 15.9 Å². The Kier molecular flexibility index (Phi) is 2.51. The summed E-state index contributed by atoms with van der Waals surface area (Å²) in [6, 6.07) is 5.28. The van der Waals surface area contributed by atoms with Gasteiger partial charge in [0.25, 0.3) is 0 Å². The average molecular weight is 292 g/mol. The lowest BCUT2D eigenvalue weighted by molar-refractivity contribution is 0.0702. The summed E-state index contributed by atoms with van der Waals surface area (Å²) in [5, 5.41) is 10.2. The van der Waals surface area contributed by atoms with Gasteiger partial charge in [0.1, 0.15) is 4.88 Å². The maximum atomic E-state index is 10.7. The molecule has 0 atom stereocenters. The molecule has 0 spiro atoms. The molecular formula is C9H4BrClO2S. The SMILES string of the molecule is O=C(O)c1cc2ccc(Br)c(Cl)c2s1. The maximum Gasteiger partial charge on any atom is 0.345 e. The van der Waals surface area contributed by atoms with Gasteiger partial charge < -0.3 is 5.11 Å². The second-order valence-electron chi connectivity index (χ2n) is 2.70. The Bertz CT molecular complexity index is 521. The molecule has 0 amide bonds. The first-order valence-corrected chi connectivity index (χ1v) is 5.69. The van der Waals surface area contributed by atoms with Crippen molar-refractivity contribution in [1.82, 2.24) is 0 Å². The minimum absolute atomic E-state index is 0.306. The van der Waals surface area contributed by atoms with Crippen molar-refractivity contribution in [3.63, 3.8) is 0 Å². The van der Waals surface area contributed by atoms with E-state index < -0.39 is 5.97 Å². The van der Waals surface area contributed by atoms with E-state index in [1.165, 1.54) is 11.3 Å². The number of halogens is 2. The van der Waals surface area contributed by atoms with Crippen molar-refractivity contribution in [1.29, 1.82) is 0 Å². The van der Waals surface area contributed by atoms with Gasteiger partial charge in [-0.15, -0.1) is 11.3 Å². The highest BCUT2D eigenvalue weighted by Crippen LogP contribution is 2.36. The number of aromatic carboxylic acids is 1. The standard InChI is InChI=1S/C9H4BrClO2S/c10-5-2-1-4-3-6(9(12)13)14-8(4)7(5)11/h1-3H,(H,12,13). The molecule has 0 fully saturated rings. The molecule has 0 radical (unpaired) electrons. The molecule has 14 heavy (non-hydrogen) atoms. The third-order valence-corrected chi connectivity index (χ3v) is 4.34. The molecule has 1 aromatic heterocycles. The van der Waals surface area contributed by atoms with Crippen molar-refractivity contribution in [3.8, 4) is 0 Å². The first kappa shape index (κ1) is 9.96. The molecule has 0 aliphatic carbocycles. The fourth-order valence-electron chi connectivity index (χ4n) is 1.15. The van der Waals surface area contributed by atoms with Crippen LogP contribution in [-0.2, 0) is 0 Å². The van der Waals surface area contributed by atoms with Crippen LogP contribution in [0.25, 0.3) is 10.1 Å². The molecule has 0 saturated heterocycles. The Balaban J connectivity index is 2.77. The quantitative estimate of drug-likeness (QED) is 0.862. The molecule has 2 aromatic rings. The second kappa shape index (κ2) is 3.53. The van der Waals surface area contributed by atoms with Gasteiger partial charge in [0.15, 0.2) is 0 Å². The largest absolute Gasteiger partial charge is 0.477 e. The van der Waals surface area contributed by atoms with Crippen LogP contribution < -0.4 is 0 Å². The van der Waals surface area contributed by atoms with Gasteiger partial charge in [0, 0.05) is 4.47 Å². The number of carboxylic acid groups (broad SMARTS) is 1. The van der Waals surface area contributed by atoms with E-state index >= 15 is 0 Å². The molecule has 1 N–H and O–H groups in total. The molecule has 0 saturated carbocycles. The Morgan fingerprint density at radius 3 is 2.86 bits per heavy atom. The number of carbonyl (C=O) groups is 1. The highest BCUT2D eigenvalue weighted by Gasteiger charge is 2.11. The van der Waals surface area contributed by atoms with Crippen LogP contribution in [0.1, 0.15) is 9.67 Å². The summed E-state index contributed by atoms with van der Waals surface area (Å²) in [5.41, 5.74) is 0. The minimum atomic E-state index is -0.918. The van der Waals surface area contributed by atoms with Crippen molar-refractivity contribution in [3.05, 3.63) is 32.6 Å². The molecular weight excluding hydrogens is 288 g/mol. The molecule has 0 aliphatic rings. The molecule has 1 aromatic carbocycles. The lowest BCUT2D eigenvalue weighted by Crippen LogP contribution is -1.89. The molecule has 2 nitrogen and oxygen atoms in total. The van der Waals surface area contributed by atoms with E-state index in [0.717, 1.165) is 14.6 Å². The van der Waals surface area contributed by atoms with E-state index in [1.807, 2.05) is 12.1 Å². The molecule has 72 valence electrons. The van der Waals surface area contributed by atoms with Crippen LogP contribution in [-0.4, -0.2) is 11.1 Å². The average Bonchev–Trinajstić information content (AvgIpc) is 2.56. The third-order valence-electron chi connectivity index (χ3n) is 1.79. The number of carboxylic acids is 1. The number of hydrogen-bond donors (Lipinski definition) is 1. The topological polar surface area (TPSA) is 37.3 Å². The monoisotopic (exact) mass is 290 g/mol. The van der Waals surface area contributed by atoms with Gasteiger partial charge in [-0.2, -0.15) is 0 Å². The molecule has 5 heteroatoms. The highest BCUT2D eigenvalue weighted by molar-refractivity contribution is 9.10. The smallest absolute Gasteiger partial charge is 0.345 e. The Morgan fingerprint density at radius 1 is 1.50 bits per heavy atom. The fourth-order valence-corrected chi connectivity index (χ4v) is 2.84. The van der Waals surface area contributed by atoms with Crippen molar-refractivity contribution in [2.24, 2.45) is 0 Å². The first-order chi connectivity index (χ1) is 6.59. The van der Waals surface area contributed by atoms with Crippen LogP contribution in [0.2, 0.25) is 5.02 Å². The van der Waals surface area contributed by atoms with Crippen molar-refractivity contribution >= 4 is 54.9 Å². The van der Waals surface area contributed by atoms with Crippen LogP contribution in [0.4, 0.5) is 0 Å². The Hall–Kier alpha value is -0.580. The van der Waals surface area contributed by atoms with Crippen LogP contribution in [0.5, 0.6) is 0 Å². The molecule has 0 unspecified atom stereocenters. The van der Waals surface area contributed by atoms with E-state index in [0.29, 0.717) is 9.90 Å². The molecule has 0 bridgehead atoms. The summed E-state index contributed by atoms with van der Waals surface area (Å²) < 4.78 is 1.59. The molecule has 0 aliphatic heterocycles. The zero-order valence-electron chi connectivity index (χ0n) is 6.75. The van der Waals surface area contributed by atoms with Crippen LogP contribution in [0, 0.1) is 0 Å². The van der Waals surface area contributed by atoms with Crippen LogP contribution >= 0.6 is 38.9 Å². The predicted molar refractivity (Wildman–Crippen MR) is 61.5 cm³/mol. The highest BCUT2D eigenvalue weighted by atomic mass is 79.9. The Morgan fingerprint density at radius 2 is 2.21 bits per heavy atom. The lowest BCUT2D eigenvalue weighted by Gasteiger charge is -1.95. The number of thiophene rings is 1. The summed E-state index contributed by atoms with van der Waals surface area (Å²) in [6.07, 6.45) is 0. The molecule has 1 heterocycles. The van der Waals surface area contributed by atoms with Crippen LogP contribution in [0.3, 0.4) is 0 Å². The number of benzene rings is 1. The number of rotatable bonds is 1. The Labute approximate surface area is 97.2 Å². The van der Waals surface area contributed by atoms with E-state index in [-0.39, 0.29) is 0 Å². The maximum absolute atomic E-state index is 10.7. The van der Waals surface area contributed by atoms with E-state index in [1.54, 1.807) is 6.07 Å². The van der Waals surface area contributed by atoms with Gasteiger partial charge in [0.05, 0.1) is 9.72 Å². The van der Waals surface area contributed by atoms with Gasteiger partial charge in [0.2, 0.25) is 0 Å². The van der Waals surface area contributed by atoms with Gasteiger partial charge in [-0.25, -0.2) is 4.79 Å².